The zero-order valence-electron chi connectivity index (χ0n) is 22.2. The molecule has 0 unspecified atom stereocenters. The van der Waals surface area contributed by atoms with Gasteiger partial charge in [-0.05, 0) is 54.0 Å². The first-order valence-corrected chi connectivity index (χ1v) is 13.4. The third kappa shape index (κ3) is 4.18. The molecule has 0 fully saturated rings. The van der Waals surface area contributed by atoms with E-state index in [4.69, 9.17) is 4.74 Å². The fraction of sp³-hybridized carbons (Fsp3) is 0.242. The summed E-state index contributed by atoms with van der Waals surface area (Å²) in [4.78, 5) is 14.1. The lowest BCUT2D eigenvalue weighted by atomic mass is 9.95. The number of aromatic nitrogens is 2. The maximum Gasteiger partial charge on any atom is 0.273 e. The van der Waals surface area contributed by atoms with Gasteiger partial charge in [0.1, 0.15) is 17.1 Å². The van der Waals surface area contributed by atoms with Gasteiger partial charge in [0.15, 0.2) is 0 Å². The van der Waals surface area contributed by atoms with E-state index in [1.165, 1.54) is 11.1 Å². The molecule has 6 rings (SSSR count). The van der Waals surface area contributed by atoms with Crippen LogP contribution in [-0.4, -0.2) is 22.0 Å². The molecule has 5 heteroatoms. The van der Waals surface area contributed by atoms with Crippen LogP contribution in [0.15, 0.2) is 85.1 Å². The average molecular weight is 504 g/mol. The zero-order valence-corrected chi connectivity index (χ0v) is 22.2. The third-order valence-corrected chi connectivity index (χ3v) is 7.61. The van der Waals surface area contributed by atoms with Gasteiger partial charge in [-0.3, -0.25) is 9.20 Å². The van der Waals surface area contributed by atoms with Crippen LogP contribution in [0.3, 0.4) is 0 Å². The van der Waals surface area contributed by atoms with E-state index in [1.807, 2.05) is 30.3 Å². The van der Waals surface area contributed by atoms with Gasteiger partial charge in [0.05, 0.1) is 12.8 Å². The van der Waals surface area contributed by atoms with Crippen LogP contribution in [0.1, 0.15) is 54.2 Å². The molecule has 1 amide bonds. The number of aryl methyl sites for hydroxylation is 2. The minimum absolute atomic E-state index is 0.125. The quantitative estimate of drug-likeness (QED) is 0.257. The van der Waals surface area contributed by atoms with Crippen molar-refractivity contribution < 1.29 is 9.53 Å². The summed E-state index contributed by atoms with van der Waals surface area (Å²) in [5.74, 6) is 1.03. The highest BCUT2D eigenvalue weighted by molar-refractivity contribution is 6.10. The van der Waals surface area contributed by atoms with Crippen LogP contribution in [0, 0.1) is 0 Å². The van der Waals surface area contributed by atoms with Crippen molar-refractivity contribution in [3.05, 3.63) is 102 Å². The normalized spacial score (nSPS) is 13.1. The van der Waals surface area contributed by atoms with Gasteiger partial charge >= 0.3 is 0 Å². The average Bonchev–Trinajstić information content (AvgIpc) is 3.36. The van der Waals surface area contributed by atoms with Crippen LogP contribution in [0.5, 0.6) is 5.75 Å². The van der Waals surface area contributed by atoms with Crippen LogP contribution in [0.4, 0.5) is 5.69 Å². The Morgan fingerprint density at radius 1 is 0.921 bits per heavy atom. The molecular weight excluding hydrogens is 470 g/mol. The number of hydrogen-bond acceptors (Lipinski definition) is 2. The Labute approximate surface area is 223 Å². The van der Waals surface area contributed by atoms with E-state index < -0.39 is 0 Å². The Kier molecular flexibility index (Phi) is 6.28. The molecule has 1 aliphatic rings. The van der Waals surface area contributed by atoms with E-state index in [-0.39, 0.29) is 5.91 Å². The van der Waals surface area contributed by atoms with Gasteiger partial charge in [-0.25, -0.2) is 0 Å². The van der Waals surface area contributed by atoms with Gasteiger partial charge in [-0.2, -0.15) is 0 Å². The minimum Gasteiger partial charge on any atom is -0.497 e. The third-order valence-electron chi connectivity index (χ3n) is 7.61. The van der Waals surface area contributed by atoms with E-state index in [2.05, 4.69) is 82.9 Å². The maximum atomic E-state index is 14.1. The monoisotopic (exact) mass is 503 g/mol. The molecule has 2 aromatic heterocycles. The van der Waals surface area contributed by atoms with Crippen LogP contribution < -0.4 is 10.1 Å². The van der Waals surface area contributed by atoms with Crippen LogP contribution >= 0.6 is 0 Å². The lowest BCUT2D eigenvalue weighted by molar-refractivity contribution is 0.102. The van der Waals surface area contributed by atoms with Gasteiger partial charge in [-0.15, -0.1) is 0 Å². The number of rotatable bonds is 6. The standard InChI is InChI=1S/C33H33N3O2/c1-22(2)23-15-17-25(18-16-23)30-28-14-7-8-19-35-29(24-10-5-4-6-11-24)21-36(33(28)35)31(30)32(37)34-26-12-9-13-27(20-26)38-3/h4-6,9-13,15-18,20-22H,7-8,14,19H2,1-3H3,(H,34,37). The highest BCUT2D eigenvalue weighted by atomic mass is 16.5. The number of hydrogen-bond donors (Lipinski definition) is 1. The molecule has 38 heavy (non-hydrogen) atoms. The topological polar surface area (TPSA) is 47.7 Å². The molecule has 5 nitrogen and oxygen atoms in total. The molecule has 3 heterocycles. The number of nitrogens with one attached hydrogen (secondary N) is 1. The summed E-state index contributed by atoms with van der Waals surface area (Å²) in [6.07, 6.45) is 5.28. The number of carbonyl (C=O) groups excluding carboxylic acids is 1. The van der Waals surface area contributed by atoms with Gasteiger partial charge < -0.3 is 14.6 Å². The van der Waals surface area contributed by atoms with Crippen molar-refractivity contribution in [2.45, 2.75) is 45.6 Å². The first-order chi connectivity index (χ1) is 18.5. The molecule has 3 aromatic carbocycles. The number of nitrogens with zero attached hydrogens (tertiary/aromatic N) is 2. The number of benzene rings is 3. The van der Waals surface area contributed by atoms with Crippen molar-refractivity contribution in [3.63, 3.8) is 0 Å². The molecule has 0 saturated heterocycles. The van der Waals surface area contributed by atoms with E-state index in [0.717, 1.165) is 53.8 Å². The highest BCUT2D eigenvalue weighted by Gasteiger charge is 2.29. The second kappa shape index (κ2) is 9.90. The number of imidazole rings is 1. The van der Waals surface area contributed by atoms with Gasteiger partial charge in [0.2, 0.25) is 0 Å². The zero-order chi connectivity index (χ0) is 26.2. The predicted octanol–water partition coefficient (Wildman–Crippen LogP) is 7.80. The number of ether oxygens (including phenoxy) is 1. The molecule has 1 N–H and O–H groups in total. The van der Waals surface area contributed by atoms with Gasteiger partial charge in [0.25, 0.3) is 5.91 Å². The van der Waals surface area contributed by atoms with Crippen molar-refractivity contribution in [2.75, 3.05) is 12.4 Å². The van der Waals surface area contributed by atoms with Crippen molar-refractivity contribution in [2.24, 2.45) is 0 Å². The summed E-state index contributed by atoms with van der Waals surface area (Å²) >= 11 is 0. The molecular formula is C33H33N3O2. The number of amides is 1. The van der Waals surface area contributed by atoms with Crippen LogP contribution in [0.2, 0.25) is 0 Å². The lowest BCUT2D eigenvalue weighted by Gasteiger charge is -2.12. The largest absolute Gasteiger partial charge is 0.497 e. The fourth-order valence-electron chi connectivity index (χ4n) is 5.69. The second-order valence-corrected chi connectivity index (χ2v) is 10.3. The van der Waals surface area contributed by atoms with Crippen LogP contribution in [-0.2, 0) is 13.0 Å². The smallest absolute Gasteiger partial charge is 0.273 e. The molecule has 0 radical (unpaired) electrons. The molecule has 0 spiro atoms. The predicted molar refractivity (Wildman–Crippen MR) is 154 cm³/mol. The van der Waals surface area contributed by atoms with E-state index in [1.54, 1.807) is 7.11 Å². The Bertz CT molecular complexity index is 1610. The number of carbonyl (C=O) groups is 1. The first-order valence-electron chi connectivity index (χ1n) is 13.4. The minimum atomic E-state index is -0.125. The number of anilines is 1. The Morgan fingerprint density at radius 2 is 1.71 bits per heavy atom. The summed E-state index contributed by atoms with van der Waals surface area (Å²) < 4.78 is 9.93. The van der Waals surface area contributed by atoms with Crippen molar-refractivity contribution >= 4 is 17.2 Å². The lowest BCUT2D eigenvalue weighted by Crippen LogP contribution is -2.15. The highest BCUT2D eigenvalue weighted by Crippen LogP contribution is 2.40. The number of methoxy groups -OCH3 is 1. The second-order valence-electron chi connectivity index (χ2n) is 10.3. The first kappa shape index (κ1) is 24.1. The summed E-state index contributed by atoms with van der Waals surface area (Å²) in [6, 6.07) is 26.7. The molecule has 192 valence electrons. The van der Waals surface area contributed by atoms with E-state index >= 15 is 0 Å². The summed E-state index contributed by atoms with van der Waals surface area (Å²) in [5.41, 5.74) is 9.46. The summed E-state index contributed by atoms with van der Waals surface area (Å²) in [7, 11) is 1.63. The molecule has 0 aliphatic carbocycles. The van der Waals surface area contributed by atoms with Gasteiger partial charge in [0, 0.05) is 35.6 Å². The Balaban J connectivity index is 1.58. The van der Waals surface area contributed by atoms with Crippen molar-refractivity contribution in [1.82, 2.24) is 8.97 Å². The molecule has 0 bridgehead atoms. The molecule has 5 aromatic rings. The molecule has 0 saturated carbocycles. The SMILES string of the molecule is COc1cccc(NC(=O)c2c(-c3ccc(C(C)C)cc3)c3c4n(c(-c5ccccc5)cn24)CCCC3)c1. The summed E-state index contributed by atoms with van der Waals surface area (Å²) in [5, 5.41) is 3.16. The summed E-state index contributed by atoms with van der Waals surface area (Å²) in [6.45, 7) is 5.34. The van der Waals surface area contributed by atoms with Crippen molar-refractivity contribution in [3.8, 4) is 28.1 Å². The molecule has 1 aliphatic heterocycles. The van der Waals surface area contributed by atoms with Crippen LogP contribution in [0.25, 0.3) is 28.0 Å². The van der Waals surface area contributed by atoms with E-state index in [9.17, 15) is 4.79 Å². The Hall–Kier alpha value is -4.25. The molecule has 0 atom stereocenters. The maximum absolute atomic E-state index is 14.1. The Morgan fingerprint density at radius 3 is 2.45 bits per heavy atom. The van der Waals surface area contributed by atoms with Gasteiger partial charge in [-0.1, -0.05) is 74.5 Å². The fourth-order valence-corrected chi connectivity index (χ4v) is 5.69. The van der Waals surface area contributed by atoms with E-state index in [0.29, 0.717) is 23.0 Å². The van der Waals surface area contributed by atoms with Crippen molar-refractivity contribution in [1.29, 1.82) is 0 Å².